The van der Waals surface area contributed by atoms with Crippen LogP contribution in [0.15, 0.2) is 36.5 Å². The number of aryl methyl sites for hydroxylation is 1. The number of nitrogens with one attached hydrogen (secondary N) is 1. The molecule has 4 nitrogen and oxygen atoms in total. The van der Waals surface area contributed by atoms with Crippen LogP contribution in [0.4, 0.5) is 0 Å². The van der Waals surface area contributed by atoms with Crippen molar-refractivity contribution >= 4 is 5.91 Å². The van der Waals surface area contributed by atoms with E-state index >= 15 is 0 Å². The lowest BCUT2D eigenvalue weighted by Gasteiger charge is -2.14. The van der Waals surface area contributed by atoms with Gasteiger partial charge in [0.15, 0.2) is 0 Å². The van der Waals surface area contributed by atoms with Crippen LogP contribution in [0.3, 0.4) is 0 Å². The Hall–Kier alpha value is -2.10. The lowest BCUT2D eigenvalue weighted by atomic mass is 10.0. The maximum Gasteiger partial charge on any atom is 0.220 e. The van der Waals surface area contributed by atoms with Crippen molar-refractivity contribution in [2.24, 2.45) is 0 Å². The molecule has 0 spiro atoms. The van der Waals surface area contributed by atoms with Gasteiger partial charge in [0.05, 0.1) is 11.4 Å². The molecule has 1 N–H and O–H groups in total. The van der Waals surface area contributed by atoms with Crippen molar-refractivity contribution < 1.29 is 4.79 Å². The Labute approximate surface area is 125 Å². The smallest absolute Gasteiger partial charge is 0.220 e. The molecule has 21 heavy (non-hydrogen) atoms. The standard InChI is InChI=1S/C17H21N3O/c1-13-14(11-15-7-5-6-10-17(21)18-15)12-20(19-13)16-8-3-2-4-9-16/h2-4,8-9,12,15H,5-7,10-11H2,1H3,(H,18,21). The molecule has 1 amide bonds. The molecule has 0 aliphatic carbocycles. The number of rotatable bonds is 3. The van der Waals surface area contributed by atoms with E-state index in [0.29, 0.717) is 6.42 Å². The van der Waals surface area contributed by atoms with Crippen molar-refractivity contribution in [3.8, 4) is 5.69 Å². The first-order chi connectivity index (χ1) is 10.2. The molecule has 1 atom stereocenters. The van der Waals surface area contributed by atoms with Gasteiger partial charge in [-0.25, -0.2) is 4.68 Å². The Morgan fingerprint density at radius 3 is 2.90 bits per heavy atom. The second-order valence-corrected chi connectivity index (χ2v) is 5.73. The van der Waals surface area contributed by atoms with Crippen molar-refractivity contribution in [1.29, 1.82) is 0 Å². The molecular formula is C17H21N3O. The minimum absolute atomic E-state index is 0.186. The number of amides is 1. The van der Waals surface area contributed by atoms with Crippen LogP contribution in [-0.2, 0) is 11.2 Å². The van der Waals surface area contributed by atoms with E-state index in [2.05, 4.69) is 16.6 Å². The Balaban J connectivity index is 1.77. The van der Waals surface area contributed by atoms with E-state index in [0.717, 1.165) is 37.1 Å². The highest BCUT2D eigenvalue weighted by Crippen LogP contribution is 2.17. The molecule has 1 unspecified atom stereocenters. The second kappa shape index (κ2) is 6.12. The molecular weight excluding hydrogens is 262 g/mol. The molecule has 2 heterocycles. The van der Waals surface area contributed by atoms with Gasteiger partial charge in [-0.15, -0.1) is 0 Å². The summed E-state index contributed by atoms with van der Waals surface area (Å²) in [6, 6.07) is 10.4. The molecule has 1 aromatic carbocycles. The zero-order valence-electron chi connectivity index (χ0n) is 12.4. The summed E-state index contributed by atoms with van der Waals surface area (Å²) >= 11 is 0. The van der Waals surface area contributed by atoms with Crippen molar-refractivity contribution in [3.63, 3.8) is 0 Å². The molecule has 110 valence electrons. The number of hydrogen-bond donors (Lipinski definition) is 1. The van der Waals surface area contributed by atoms with Crippen LogP contribution in [0, 0.1) is 6.92 Å². The summed E-state index contributed by atoms with van der Waals surface area (Å²) < 4.78 is 1.92. The molecule has 1 aliphatic rings. The lowest BCUT2D eigenvalue weighted by molar-refractivity contribution is -0.121. The zero-order valence-corrected chi connectivity index (χ0v) is 12.4. The van der Waals surface area contributed by atoms with Crippen LogP contribution in [0.2, 0.25) is 0 Å². The second-order valence-electron chi connectivity index (χ2n) is 5.73. The van der Waals surface area contributed by atoms with Crippen LogP contribution in [0.5, 0.6) is 0 Å². The van der Waals surface area contributed by atoms with E-state index in [-0.39, 0.29) is 11.9 Å². The van der Waals surface area contributed by atoms with Crippen LogP contribution in [0.1, 0.15) is 36.9 Å². The number of aromatic nitrogens is 2. The van der Waals surface area contributed by atoms with Crippen LogP contribution in [-0.4, -0.2) is 21.7 Å². The minimum Gasteiger partial charge on any atom is -0.353 e. The average Bonchev–Trinajstić information content (AvgIpc) is 2.72. The molecule has 0 saturated carbocycles. The molecule has 1 aromatic heterocycles. The maximum absolute atomic E-state index is 11.7. The first-order valence-corrected chi connectivity index (χ1v) is 7.62. The summed E-state index contributed by atoms with van der Waals surface area (Å²) in [5, 5.41) is 7.72. The molecule has 2 aromatic rings. The Morgan fingerprint density at radius 2 is 2.10 bits per heavy atom. The Kier molecular flexibility index (Phi) is 4.04. The number of hydrogen-bond acceptors (Lipinski definition) is 2. The summed E-state index contributed by atoms with van der Waals surface area (Å²) in [5.74, 6) is 0.186. The van der Waals surface area contributed by atoms with Crippen molar-refractivity contribution in [2.45, 2.75) is 45.1 Å². The summed E-state index contributed by atoms with van der Waals surface area (Å²) in [6.45, 7) is 2.04. The predicted molar refractivity (Wildman–Crippen MR) is 82.4 cm³/mol. The summed E-state index contributed by atoms with van der Waals surface area (Å²) in [5.41, 5.74) is 3.32. The number of carbonyl (C=O) groups is 1. The normalized spacial score (nSPS) is 19.1. The first-order valence-electron chi connectivity index (χ1n) is 7.62. The fourth-order valence-corrected chi connectivity index (χ4v) is 2.88. The first kappa shape index (κ1) is 13.9. The van der Waals surface area contributed by atoms with Crippen LogP contribution >= 0.6 is 0 Å². The number of benzene rings is 1. The molecule has 4 heteroatoms. The summed E-state index contributed by atoms with van der Waals surface area (Å²) in [6.07, 6.45) is 6.80. The van der Waals surface area contributed by atoms with Gasteiger partial charge in [0.1, 0.15) is 0 Å². The van der Waals surface area contributed by atoms with Gasteiger partial charge >= 0.3 is 0 Å². The summed E-state index contributed by atoms with van der Waals surface area (Å²) in [7, 11) is 0. The number of carbonyl (C=O) groups excluding carboxylic acids is 1. The van der Waals surface area contributed by atoms with E-state index in [1.807, 2.05) is 41.9 Å². The van der Waals surface area contributed by atoms with Gasteiger partial charge in [-0.1, -0.05) is 24.6 Å². The zero-order chi connectivity index (χ0) is 14.7. The van der Waals surface area contributed by atoms with E-state index in [1.54, 1.807) is 0 Å². The number of para-hydroxylation sites is 1. The van der Waals surface area contributed by atoms with Gasteiger partial charge in [-0.2, -0.15) is 5.10 Å². The number of nitrogens with zero attached hydrogens (tertiary/aromatic N) is 2. The van der Waals surface area contributed by atoms with Crippen LogP contribution in [0.25, 0.3) is 5.69 Å². The molecule has 1 saturated heterocycles. The fraction of sp³-hybridized carbons (Fsp3) is 0.412. The average molecular weight is 283 g/mol. The van der Waals surface area contributed by atoms with Gasteiger partial charge in [0.2, 0.25) is 5.91 Å². The van der Waals surface area contributed by atoms with Crippen molar-refractivity contribution in [2.75, 3.05) is 0 Å². The van der Waals surface area contributed by atoms with Gasteiger partial charge in [-0.05, 0) is 43.9 Å². The molecule has 0 radical (unpaired) electrons. The van der Waals surface area contributed by atoms with E-state index < -0.39 is 0 Å². The minimum atomic E-state index is 0.186. The maximum atomic E-state index is 11.7. The van der Waals surface area contributed by atoms with Crippen molar-refractivity contribution in [1.82, 2.24) is 15.1 Å². The Bertz CT molecular complexity index is 618. The third kappa shape index (κ3) is 3.32. The SMILES string of the molecule is Cc1nn(-c2ccccc2)cc1CC1CCCCC(=O)N1. The Morgan fingerprint density at radius 1 is 1.29 bits per heavy atom. The van der Waals surface area contributed by atoms with E-state index in [4.69, 9.17) is 0 Å². The fourth-order valence-electron chi connectivity index (χ4n) is 2.88. The van der Waals surface area contributed by atoms with Gasteiger partial charge < -0.3 is 5.32 Å². The highest BCUT2D eigenvalue weighted by molar-refractivity contribution is 5.76. The molecule has 3 rings (SSSR count). The van der Waals surface area contributed by atoms with E-state index in [9.17, 15) is 4.79 Å². The highest BCUT2D eigenvalue weighted by Gasteiger charge is 2.18. The quantitative estimate of drug-likeness (QED) is 0.941. The predicted octanol–water partition coefficient (Wildman–Crippen LogP) is 2.78. The van der Waals surface area contributed by atoms with Crippen LogP contribution < -0.4 is 5.32 Å². The highest BCUT2D eigenvalue weighted by atomic mass is 16.1. The lowest BCUT2D eigenvalue weighted by Crippen LogP contribution is -2.34. The van der Waals surface area contributed by atoms with Gasteiger partial charge in [0, 0.05) is 18.7 Å². The van der Waals surface area contributed by atoms with Crippen molar-refractivity contribution in [3.05, 3.63) is 47.8 Å². The van der Waals surface area contributed by atoms with E-state index in [1.165, 1.54) is 5.56 Å². The van der Waals surface area contributed by atoms with Gasteiger partial charge in [0.25, 0.3) is 0 Å². The molecule has 1 aliphatic heterocycles. The topological polar surface area (TPSA) is 46.9 Å². The largest absolute Gasteiger partial charge is 0.353 e. The molecule has 1 fully saturated rings. The third-order valence-corrected chi connectivity index (χ3v) is 4.06. The third-order valence-electron chi connectivity index (χ3n) is 4.06. The molecule has 0 bridgehead atoms. The monoisotopic (exact) mass is 283 g/mol. The van der Waals surface area contributed by atoms with Gasteiger partial charge in [-0.3, -0.25) is 4.79 Å². The summed E-state index contributed by atoms with van der Waals surface area (Å²) in [4.78, 5) is 11.7.